The molecular formula is C5H12N2O2. The van der Waals surface area contributed by atoms with Gasteiger partial charge in [-0.05, 0) is 13.0 Å². The molecule has 0 aromatic heterocycles. The molecule has 0 radical (unpaired) electrons. The van der Waals surface area contributed by atoms with E-state index in [1.807, 2.05) is 0 Å². The molecule has 0 saturated heterocycles. The first-order chi connectivity index (χ1) is 4.31. The van der Waals surface area contributed by atoms with Gasteiger partial charge >= 0.3 is 6.09 Å². The minimum atomic E-state index is -0.400. The summed E-state index contributed by atoms with van der Waals surface area (Å²) >= 11 is 0. The number of nitrogens with two attached hydrogens (primary N) is 1. The summed E-state index contributed by atoms with van der Waals surface area (Å²) in [6, 6.07) is 0. The molecule has 0 heterocycles. The third-order valence-electron chi connectivity index (χ3n) is 0.786. The zero-order valence-electron chi connectivity index (χ0n) is 5.52. The van der Waals surface area contributed by atoms with Gasteiger partial charge in [0.15, 0.2) is 0 Å². The Morgan fingerprint density at radius 2 is 2.44 bits per heavy atom. The molecule has 0 aliphatic carbocycles. The van der Waals surface area contributed by atoms with E-state index in [0.29, 0.717) is 19.6 Å². The third-order valence-corrected chi connectivity index (χ3v) is 0.786. The van der Waals surface area contributed by atoms with Crippen molar-refractivity contribution in [1.29, 1.82) is 0 Å². The van der Waals surface area contributed by atoms with Crippen LogP contribution in [-0.2, 0) is 4.74 Å². The Labute approximate surface area is 54.4 Å². The lowest BCUT2D eigenvalue weighted by Crippen LogP contribution is -2.20. The lowest BCUT2D eigenvalue weighted by molar-refractivity contribution is 0.148. The first-order valence-corrected chi connectivity index (χ1v) is 2.86. The van der Waals surface area contributed by atoms with Crippen LogP contribution in [0.25, 0.3) is 0 Å². The van der Waals surface area contributed by atoms with Crippen LogP contribution in [0, 0.1) is 0 Å². The van der Waals surface area contributed by atoms with Crippen LogP contribution in [-0.4, -0.2) is 26.3 Å². The van der Waals surface area contributed by atoms with E-state index in [-0.39, 0.29) is 0 Å². The van der Waals surface area contributed by atoms with Gasteiger partial charge in [-0.15, -0.1) is 0 Å². The molecule has 0 aliphatic heterocycles. The standard InChI is InChI=1S/C5H12N2O2/c1-7-5(8)9-4-2-3-6/h2-4,6H2,1H3,(H,7,8). The lowest BCUT2D eigenvalue weighted by atomic mass is 10.5. The second kappa shape index (κ2) is 5.37. The van der Waals surface area contributed by atoms with Gasteiger partial charge in [-0.1, -0.05) is 0 Å². The zero-order chi connectivity index (χ0) is 7.11. The number of nitrogens with one attached hydrogen (secondary N) is 1. The summed E-state index contributed by atoms with van der Waals surface area (Å²) in [5, 5.41) is 2.32. The van der Waals surface area contributed by atoms with Crippen LogP contribution >= 0.6 is 0 Å². The van der Waals surface area contributed by atoms with Gasteiger partial charge < -0.3 is 15.8 Å². The average molecular weight is 132 g/mol. The van der Waals surface area contributed by atoms with E-state index in [1.54, 1.807) is 0 Å². The molecule has 4 nitrogen and oxygen atoms in total. The van der Waals surface area contributed by atoms with Crippen molar-refractivity contribution in [2.24, 2.45) is 5.73 Å². The van der Waals surface area contributed by atoms with Crippen LogP contribution in [0.3, 0.4) is 0 Å². The number of hydrogen-bond acceptors (Lipinski definition) is 3. The van der Waals surface area contributed by atoms with Crippen molar-refractivity contribution in [3.8, 4) is 0 Å². The van der Waals surface area contributed by atoms with E-state index in [1.165, 1.54) is 7.05 Å². The number of carbonyl (C=O) groups is 1. The Balaban J connectivity index is 2.97. The second-order valence-corrected chi connectivity index (χ2v) is 1.53. The largest absolute Gasteiger partial charge is 0.450 e. The Morgan fingerprint density at radius 3 is 2.89 bits per heavy atom. The molecule has 0 spiro atoms. The predicted molar refractivity (Wildman–Crippen MR) is 34.1 cm³/mol. The maximum Gasteiger partial charge on any atom is 0.406 e. The van der Waals surface area contributed by atoms with Gasteiger partial charge in [-0.3, -0.25) is 0 Å². The maximum absolute atomic E-state index is 10.3. The highest BCUT2D eigenvalue weighted by Crippen LogP contribution is 1.79. The highest BCUT2D eigenvalue weighted by atomic mass is 16.5. The summed E-state index contributed by atoms with van der Waals surface area (Å²) in [5.74, 6) is 0. The van der Waals surface area contributed by atoms with Crippen molar-refractivity contribution < 1.29 is 9.53 Å². The summed E-state index contributed by atoms with van der Waals surface area (Å²) in [6.07, 6.45) is 0.316. The quantitative estimate of drug-likeness (QED) is 0.518. The van der Waals surface area contributed by atoms with Gasteiger partial charge in [-0.2, -0.15) is 0 Å². The van der Waals surface area contributed by atoms with E-state index >= 15 is 0 Å². The summed E-state index contributed by atoms with van der Waals surface area (Å²) < 4.78 is 4.60. The van der Waals surface area contributed by atoms with Gasteiger partial charge in [0.05, 0.1) is 6.61 Å². The predicted octanol–water partition coefficient (Wildman–Crippen LogP) is -0.309. The molecule has 0 aromatic rings. The Bertz CT molecular complexity index is 85.0. The molecule has 1 amide bonds. The van der Waals surface area contributed by atoms with Crippen LogP contribution in [0.15, 0.2) is 0 Å². The van der Waals surface area contributed by atoms with Crippen molar-refractivity contribution >= 4 is 6.09 Å². The van der Waals surface area contributed by atoms with Crippen LogP contribution < -0.4 is 11.1 Å². The van der Waals surface area contributed by atoms with Crippen molar-refractivity contribution in [3.05, 3.63) is 0 Å². The average Bonchev–Trinajstić information content (AvgIpc) is 1.89. The van der Waals surface area contributed by atoms with Gasteiger partial charge in [-0.25, -0.2) is 4.79 Å². The fraction of sp³-hybridized carbons (Fsp3) is 0.800. The number of ether oxygens (including phenoxy) is 1. The number of carbonyl (C=O) groups excluding carboxylic acids is 1. The molecule has 0 saturated carbocycles. The van der Waals surface area contributed by atoms with E-state index < -0.39 is 6.09 Å². The van der Waals surface area contributed by atoms with Crippen molar-refractivity contribution in [2.45, 2.75) is 6.42 Å². The molecule has 0 fully saturated rings. The van der Waals surface area contributed by atoms with Crippen LogP contribution in [0.5, 0.6) is 0 Å². The minimum absolute atomic E-state index is 0.399. The number of rotatable bonds is 3. The fourth-order valence-electron chi connectivity index (χ4n) is 0.320. The van der Waals surface area contributed by atoms with Crippen LogP contribution in [0.4, 0.5) is 4.79 Å². The Morgan fingerprint density at radius 1 is 1.78 bits per heavy atom. The first kappa shape index (κ1) is 8.23. The molecule has 0 bridgehead atoms. The highest BCUT2D eigenvalue weighted by Gasteiger charge is 1.93. The molecule has 0 aliphatic rings. The minimum Gasteiger partial charge on any atom is -0.450 e. The molecule has 9 heavy (non-hydrogen) atoms. The van der Waals surface area contributed by atoms with E-state index in [0.717, 1.165) is 0 Å². The molecule has 3 N–H and O–H groups in total. The molecule has 4 heteroatoms. The topological polar surface area (TPSA) is 64.3 Å². The molecule has 0 atom stereocenters. The van der Waals surface area contributed by atoms with Gasteiger partial charge in [0.2, 0.25) is 0 Å². The van der Waals surface area contributed by atoms with Crippen LogP contribution in [0.2, 0.25) is 0 Å². The summed E-state index contributed by atoms with van der Waals surface area (Å²) in [4.78, 5) is 10.3. The van der Waals surface area contributed by atoms with Gasteiger partial charge in [0.25, 0.3) is 0 Å². The summed E-state index contributed by atoms with van der Waals surface area (Å²) in [6.45, 7) is 0.952. The molecular weight excluding hydrogens is 120 g/mol. The Kier molecular flexibility index (Phi) is 4.91. The summed E-state index contributed by atoms with van der Waals surface area (Å²) in [5.41, 5.74) is 5.14. The Hall–Kier alpha value is -0.770. The number of alkyl carbamates (subject to hydrolysis) is 1. The zero-order valence-corrected chi connectivity index (χ0v) is 5.52. The maximum atomic E-state index is 10.3. The molecule has 54 valence electrons. The van der Waals surface area contributed by atoms with Crippen LogP contribution in [0.1, 0.15) is 6.42 Å². The monoisotopic (exact) mass is 132 g/mol. The van der Waals surface area contributed by atoms with Gasteiger partial charge in [0.1, 0.15) is 0 Å². The fourth-order valence-corrected chi connectivity index (χ4v) is 0.320. The highest BCUT2D eigenvalue weighted by molar-refractivity contribution is 5.66. The van der Waals surface area contributed by atoms with Crippen molar-refractivity contribution in [2.75, 3.05) is 20.2 Å². The SMILES string of the molecule is CNC(=O)OCCCN. The third kappa shape index (κ3) is 5.10. The van der Waals surface area contributed by atoms with Gasteiger partial charge in [0, 0.05) is 7.05 Å². The van der Waals surface area contributed by atoms with Crippen molar-refractivity contribution in [1.82, 2.24) is 5.32 Å². The van der Waals surface area contributed by atoms with Crippen molar-refractivity contribution in [3.63, 3.8) is 0 Å². The first-order valence-electron chi connectivity index (χ1n) is 2.86. The summed E-state index contributed by atoms with van der Waals surface area (Å²) in [7, 11) is 1.52. The molecule has 0 unspecified atom stereocenters. The smallest absolute Gasteiger partial charge is 0.406 e. The molecule has 0 aromatic carbocycles. The van der Waals surface area contributed by atoms with E-state index in [9.17, 15) is 4.79 Å². The van der Waals surface area contributed by atoms with E-state index in [4.69, 9.17) is 5.73 Å². The molecule has 0 rings (SSSR count). The number of hydrogen-bond donors (Lipinski definition) is 2. The lowest BCUT2D eigenvalue weighted by Gasteiger charge is -2.00. The number of amides is 1. The van der Waals surface area contributed by atoms with E-state index in [2.05, 4.69) is 10.1 Å². The second-order valence-electron chi connectivity index (χ2n) is 1.53. The normalized spacial score (nSPS) is 8.67.